The quantitative estimate of drug-likeness (QED) is 0.328. The first-order valence-electron chi connectivity index (χ1n) is 9.18. The predicted octanol–water partition coefficient (Wildman–Crippen LogP) is 4.01. The lowest BCUT2D eigenvalue weighted by Crippen LogP contribution is -2.28. The number of nitrogens with zero attached hydrogens (tertiary/aromatic N) is 2. The van der Waals surface area contributed by atoms with Crippen molar-refractivity contribution in [2.75, 3.05) is 5.73 Å². The largest absolute Gasteiger partial charge is 0.399 e. The van der Waals surface area contributed by atoms with E-state index >= 15 is 0 Å². The zero-order valence-corrected chi connectivity index (χ0v) is 15.7. The Morgan fingerprint density at radius 1 is 0.621 bits per heavy atom. The lowest BCUT2D eigenvalue weighted by Gasteiger charge is -2.00. The van der Waals surface area contributed by atoms with Crippen molar-refractivity contribution in [2.45, 2.75) is 0 Å². The molecule has 0 aliphatic carbocycles. The number of aromatic nitrogens is 2. The summed E-state index contributed by atoms with van der Waals surface area (Å²) in [4.78, 5) is 4.06. The summed E-state index contributed by atoms with van der Waals surface area (Å²) in [6, 6.07) is 23.7. The van der Waals surface area contributed by atoms with Gasteiger partial charge in [-0.3, -0.25) is 4.98 Å². The maximum atomic E-state index is 5.67. The van der Waals surface area contributed by atoms with Gasteiger partial charge in [0.1, 0.15) is 0 Å². The van der Waals surface area contributed by atoms with E-state index in [1.807, 2.05) is 60.7 Å². The molecule has 4 aromatic rings. The number of hydrogen-bond donors (Lipinski definition) is 1. The number of nitrogens with two attached hydrogens (primary N) is 1. The maximum Gasteiger partial charge on any atom is 0.210 e. The molecule has 0 aliphatic rings. The molecule has 3 nitrogen and oxygen atoms in total. The predicted molar refractivity (Wildman–Crippen MR) is 116 cm³/mol. The van der Waals surface area contributed by atoms with Gasteiger partial charge in [0.2, 0.25) is 5.69 Å². The van der Waals surface area contributed by atoms with Crippen molar-refractivity contribution >= 4 is 5.69 Å². The van der Waals surface area contributed by atoms with E-state index < -0.39 is 0 Å². The highest BCUT2D eigenvalue weighted by Gasteiger charge is 2.06. The van der Waals surface area contributed by atoms with Crippen LogP contribution in [0.5, 0.6) is 0 Å². The molecule has 0 saturated heterocycles. The fraction of sp³-hybridized carbons (Fsp3) is 0. The van der Waals surface area contributed by atoms with Gasteiger partial charge in [0.05, 0.1) is 0 Å². The summed E-state index contributed by atoms with van der Waals surface area (Å²) in [5.41, 5.74) is 11.6. The molecular weight excluding hydrogens is 354 g/mol. The van der Waals surface area contributed by atoms with Crippen molar-refractivity contribution < 1.29 is 4.57 Å². The number of nitrogen functional groups attached to an aromatic ring is 1. The molecule has 0 unspecified atom stereocenters. The van der Waals surface area contributed by atoms with Crippen molar-refractivity contribution in [3.63, 3.8) is 0 Å². The Hall–Kier alpha value is -4.34. The molecule has 0 amide bonds. The van der Waals surface area contributed by atoms with Gasteiger partial charge in [-0.15, -0.1) is 0 Å². The van der Waals surface area contributed by atoms with Gasteiger partial charge in [0, 0.05) is 53.5 Å². The summed E-state index contributed by atoms with van der Waals surface area (Å²) < 4.78 is 2.07. The number of benzene rings is 2. The fourth-order valence-corrected chi connectivity index (χ4v) is 2.83. The molecule has 2 N–H and O–H groups in total. The van der Waals surface area contributed by atoms with Crippen LogP contribution in [0.1, 0.15) is 11.1 Å². The fourth-order valence-electron chi connectivity index (χ4n) is 2.83. The third kappa shape index (κ3) is 4.69. The molecule has 0 spiro atoms. The summed E-state index contributed by atoms with van der Waals surface area (Å²) in [6.07, 6.45) is 7.70. The highest BCUT2D eigenvalue weighted by Crippen LogP contribution is 2.16. The van der Waals surface area contributed by atoms with Crippen LogP contribution in [0.2, 0.25) is 0 Å². The van der Waals surface area contributed by atoms with Crippen LogP contribution in [-0.2, 0) is 0 Å². The summed E-state index contributed by atoms with van der Waals surface area (Å²) in [5.74, 6) is 11.9. The molecule has 0 radical (unpaired) electrons. The van der Waals surface area contributed by atoms with Gasteiger partial charge in [-0.25, -0.2) is 0 Å². The highest BCUT2D eigenvalue weighted by atomic mass is 14.9. The Bertz CT molecular complexity index is 1220. The third-order valence-corrected chi connectivity index (χ3v) is 4.40. The average Bonchev–Trinajstić information content (AvgIpc) is 2.79. The molecule has 29 heavy (non-hydrogen) atoms. The van der Waals surface area contributed by atoms with E-state index in [1.165, 1.54) is 0 Å². The minimum atomic E-state index is 0.728. The Balaban J connectivity index is 1.45. The van der Waals surface area contributed by atoms with Gasteiger partial charge >= 0.3 is 0 Å². The zero-order valence-electron chi connectivity index (χ0n) is 15.7. The number of anilines is 1. The van der Waals surface area contributed by atoms with E-state index in [2.05, 4.69) is 57.8 Å². The molecule has 0 bridgehead atoms. The van der Waals surface area contributed by atoms with Gasteiger partial charge in [-0.05, 0) is 71.5 Å². The monoisotopic (exact) mass is 372 g/mol. The van der Waals surface area contributed by atoms with Crippen LogP contribution in [-0.4, -0.2) is 4.98 Å². The molecule has 2 heterocycles. The topological polar surface area (TPSA) is 42.8 Å². The van der Waals surface area contributed by atoms with Crippen LogP contribution >= 0.6 is 0 Å². The molecule has 2 aromatic heterocycles. The van der Waals surface area contributed by atoms with Gasteiger partial charge in [-0.2, -0.15) is 4.57 Å². The Morgan fingerprint density at radius 3 is 1.72 bits per heavy atom. The second kappa shape index (κ2) is 8.57. The summed E-state index contributed by atoms with van der Waals surface area (Å²) in [5, 5.41) is 0. The van der Waals surface area contributed by atoms with Crippen LogP contribution in [0.4, 0.5) is 5.69 Å². The van der Waals surface area contributed by atoms with Crippen molar-refractivity contribution in [3.8, 4) is 40.5 Å². The smallest absolute Gasteiger partial charge is 0.210 e. The first-order valence-corrected chi connectivity index (χ1v) is 9.18. The van der Waals surface area contributed by atoms with Gasteiger partial charge in [0.15, 0.2) is 12.4 Å². The van der Waals surface area contributed by atoms with Crippen LogP contribution in [0.3, 0.4) is 0 Å². The lowest BCUT2D eigenvalue weighted by atomic mass is 10.1. The van der Waals surface area contributed by atoms with E-state index in [0.29, 0.717) is 0 Å². The zero-order chi connectivity index (χ0) is 19.9. The number of hydrogen-bond acceptors (Lipinski definition) is 2. The van der Waals surface area contributed by atoms with E-state index in [9.17, 15) is 0 Å². The van der Waals surface area contributed by atoms with E-state index in [1.54, 1.807) is 12.4 Å². The molecule has 2 aromatic carbocycles. The molecule has 3 heteroatoms. The second-order valence-electron chi connectivity index (χ2n) is 6.40. The summed E-state index contributed by atoms with van der Waals surface area (Å²) >= 11 is 0. The van der Waals surface area contributed by atoms with E-state index in [4.69, 9.17) is 5.73 Å². The maximum absolute atomic E-state index is 5.67. The SMILES string of the molecule is Nc1ccc(C#CC#Cc2ccc(-[n+]3ccc(-c4ccncc4)cc3)cc2)cc1. The first-order chi connectivity index (χ1) is 14.3. The van der Waals surface area contributed by atoms with Crippen molar-refractivity contribution in [1.82, 2.24) is 4.98 Å². The minimum Gasteiger partial charge on any atom is -0.399 e. The summed E-state index contributed by atoms with van der Waals surface area (Å²) in [7, 11) is 0. The third-order valence-electron chi connectivity index (χ3n) is 4.40. The second-order valence-corrected chi connectivity index (χ2v) is 6.40. The van der Waals surface area contributed by atoms with Crippen LogP contribution < -0.4 is 10.3 Å². The molecular formula is C26H18N3+. The van der Waals surface area contributed by atoms with Crippen molar-refractivity contribution in [3.05, 3.63) is 109 Å². The Labute approximate surface area is 170 Å². The number of pyridine rings is 2. The van der Waals surface area contributed by atoms with Gasteiger partial charge in [-0.1, -0.05) is 11.8 Å². The minimum absolute atomic E-state index is 0.728. The van der Waals surface area contributed by atoms with Gasteiger partial charge < -0.3 is 5.73 Å². The Kier molecular flexibility index (Phi) is 5.33. The molecule has 0 atom stereocenters. The van der Waals surface area contributed by atoms with E-state index in [0.717, 1.165) is 33.6 Å². The van der Waals surface area contributed by atoms with Crippen LogP contribution in [0.15, 0.2) is 97.6 Å². The average molecular weight is 372 g/mol. The van der Waals surface area contributed by atoms with Crippen LogP contribution in [0.25, 0.3) is 16.8 Å². The van der Waals surface area contributed by atoms with Crippen molar-refractivity contribution in [2.24, 2.45) is 0 Å². The Morgan fingerprint density at radius 2 is 1.14 bits per heavy atom. The standard InChI is InChI=1S/C26H18N3/c27-25-9-5-21(6-10-25)3-1-2-4-22-7-11-26(12-8-22)29-19-15-24(16-20-29)23-13-17-28-18-14-23/h5-20H,27H2/q+1. The van der Waals surface area contributed by atoms with Gasteiger partial charge in [0.25, 0.3) is 0 Å². The van der Waals surface area contributed by atoms with Crippen LogP contribution in [0, 0.1) is 23.7 Å². The van der Waals surface area contributed by atoms with Crippen molar-refractivity contribution in [1.29, 1.82) is 0 Å². The molecule has 136 valence electrons. The number of rotatable bonds is 2. The first kappa shape index (κ1) is 18.0. The lowest BCUT2D eigenvalue weighted by molar-refractivity contribution is -0.595. The van der Waals surface area contributed by atoms with E-state index in [-0.39, 0.29) is 0 Å². The molecule has 0 aliphatic heterocycles. The summed E-state index contributed by atoms with van der Waals surface area (Å²) in [6.45, 7) is 0. The molecule has 0 fully saturated rings. The highest BCUT2D eigenvalue weighted by molar-refractivity contribution is 5.61. The molecule has 4 rings (SSSR count). The normalized spacial score (nSPS) is 9.66. The molecule has 0 saturated carbocycles.